The number of hydrogen-bond donors (Lipinski definition) is 3. The number of hydrogen-bond acceptors (Lipinski definition) is 4. The summed E-state index contributed by atoms with van der Waals surface area (Å²) in [5.41, 5.74) is 0. The first-order valence-electron chi connectivity index (χ1n) is 4.20. The van der Waals surface area contributed by atoms with Crippen molar-refractivity contribution in [2.75, 3.05) is 6.61 Å². The quantitative estimate of drug-likeness (QED) is 0.485. The highest BCUT2D eigenvalue weighted by molar-refractivity contribution is 4.87. The zero-order valence-electron chi connectivity index (χ0n) is 7.34. The van der Waals surface area contributed by atoms with Crippen LogP contribution in [0.15, 0.2) is 0 Å². The molecule has 1 aliphatic heterocycles. The summed E-state index contributed by atoms with van der Waals surface area (Å²) in [6.45, 7) is 3.27. The second kappa shape index (κ2) is 3.70. The third kappa shape index (κ3) is 1.61. The van der Waals surface area contributed by atoms with E-state index >= 15 is 0 Å². The van der Waals surface area contributed by atoms with Gasteiger partial charge in [0.1, 0.15) is 6.10 Å². The highest BCUT2D eigenvalue weighted by Crippen LogP contribution is 2.25. The first kappa shape index (κ1) is 9.92. The lowest BCUT2D eigenvalue weighted by Gasteiger charge is -2.39. The van der Waals surface area contributed by atoms with Crippen LogP contribution < -0.4 is 0 Å². The van der Waals surface area contributed by atoms with Crippen LogP contribution in [0, 0.1) is 5.92 Å². The van der Waals surface area contributed by atoms with Gasteiger partial charge in [0.05, 0.1) is 24.9 Å². The van der Waals surface area contributed by atoms with E-state index in [1.54, 1.807) is 13.8 Å². The van der Waals surface area contributed by atoms with Gasteiger partial charge in [0.2, 0.25) is 0 Å². The molecular weight excluding hydrogens is 160 g/mol. The summed E-state index contributed by atoms with van der Waals surface area (Å²) in [6, 6.07) is 0. The number of aliphatic hydroxyl groups excluding tert-OH is 3. The van der Waals surface area contributed by atoms with Crippen molar-refractivity contribution in [1.29, 1.82) is 0 Å². The predicted octanol–water partition coefficient (Wildman–Crippen LogP) is -0.876. The van der Waals surface area contributed by atoms with Gasteiger partial charge < -0.3 is 20.1 Å². The molecule has 0 amide bonds. The maximum atomic E-state index is 9.48. The first-order chi connectivity index (χ1) is 5.57. The number of ether oxygens (including phenoxy) is 1. The van der Waals surface area contributed by atoms with Crippen LogP contribution >= 0.6 is 0 Å². The third-order valence-electron chi connectivity index (χ3n) is 2.51. The van der Waals surface area contributed by atoms with Crippen LogP contribution in [0.4, 0.5) is 0 Å². The van der Waals surface area contributed by atoms with Gasteiger partial charge in [-0.05, 0) is 6.92 Å². The summed E-state index contributed by atoms with van der Waals surface area (Å²) in [5.74, 6) is -0.245. The molecule has 0 aliphatic carbocycles. The minimum atomic E-state index is -0.777. The van der Waals surface area contributed by atoms with Crippen LogP contribution in [0.2, 0.25) is 0 Å². The average Bonchev–Trinajstić information content (AvgIpc) is 2.08. The summed E-state index contributed by atoms with van der Waals surface area (Å²) in [7, 11) is 0. The molecule has 2 unspecified atom stereocenters. The van der Waals surface area contributed by atoms with E-state index in [1.165, 1.54) is 0 Å². The van der Waals surface area contributed by atoms with Crippen molar-refractivity contribution >= 4 is 0 Å². The van der Waals surface area contributed by atoms with Crippen LogP contribution in [0.5, 0.6) is 0 Å². The molecule has 0 spiro atoms. The monoisotopic (exact) mass is 176 g/mol. The van der Waals surface area contributed by atoms with Crippen molar-refractivity contribution in [1.82, 2.24) is 0 Å². The molecule has 0 bridgehead atoms. The smallest absolute Gasteiger partial charge is 0.107 e. The Kier molecular flexibility index (Phi) is 3.06. The van der Waals surface area contributed by atoms with Gasteiger partial charge in [-0.2, -0.15) is 0 Å². The Labute approximate surface area is 71.8 Å². The largest absolute Gasteiger partial charge is 0.394 e. The molecule has 0 radical (unpaired) electrons. The minimum Gasteiger partial charge on any atom is -0.394 e. The lowest BCUT2D eigenvalue weighted by atomic mass is 9.88. The fourth-order valence-corrected chi connectivity index (χ4v) is 1.56. The lowest BCUT2D eigenvalue weighted by Crippen LogP contribution is -2.53. The Morgan fingerprint density at radius 3 is 2.25 bits per heavy atom. The maximum absolute atomic E-state index is 9.48. The molecule has 72 valence electrons. The Morgan fingerprint density at radius 2 is 1.75 bits per heavy atom. The molecule has 12 heavy (non-hydrogen) atoms. The van der Waals surface area contributed by atoms with Crippen molar-refractivity contribution in [2.24, 2.45) is 5.92 Å². The summed E-state index contributed by atoms with van der Waals surface area (Å²) in [6.07, 6.45) is -2.30. The molecule has 1 heterocycles. The van der Waals surface area contributed by atoms with Gasteiger partial charge in [-0.3, -0.25) is 0 Å². The topological polar surface area (TPSA) is 69.9 Å². The number of rotatable bonds is 1. The SMILES string of the molecule is CC1OC(CO)[C@H](O)[C@H](C)[C@@H]1O. The van der Waals surface area contributed by atoms with Gasteiger partial charge >= 0.3 is 0 Å². The third-order valence-corrected chi connectivity index (χ3v) is 2.51. The van der Waals surface area contributed by atoms with E-state index in [1.807, 2.05) is 0 Å². The van der Waals surface area contributed by atoms with Gasteiger partial charge in [0.25, 0.3) is 0 Å². The van der Waals surface area contributed by atoms with Gasteiger partial charge in [-0.15, -0.1) is 0 Å². The van der Waals surface area contributed by atoms with Crippen LogP contribution in [0.3, 0.4) is 0 Å². The Bertz CT molecular complexity index is 145. The summed E-state index contributed by atoms with van der Waals surface area (Å²) in [4.78, 5) is 0. The second-order valence-corrected chi connectivity index (χ2v) is 3.40. The van der Waals surface area contributed by atoms with E-state index in [9.17, 15) is 10.2 Å². The molecule has 0 aromatic heterocycles. The van der Waals surface area contributed by atoms with Gasteiger partial charge in [-0.1, -0.05) is 6.92 Å². The first-order valence-corrected chi connectivity index (χ1v) is 4.20. The van der Waals surface area contributed by atoms with E-state index in [2.05, 4.69) is 0 Å². The minimum absolute atomic E-state index is 0.206. The summed E-state index contributed by atoms with van der Waals surface area (Å²) in [5, 5.41) is 27.8. The van der Waals surface area contributed by atoms with Crippen LogP contribution in [-0.2, 0) is 4.74 Å². The zero-order chi connectivity index (χ0) is 9.30. The molecule has 0 aromatic rings. The molecule has 0 saturated carbocycles. The highest BCUT2D eigenvalue weighted by Gasteiger charge is 2.39. The molecule has 0 aromatic carbocycles. The van der Waals surface area contributed by atoms with Crippen molar-refractivity contribution in [3.05, 3.63) is 0 Å². The molecule has 4 heteroatoms. The maximum Gasteiger partial charge on any atom is 0.107 e. The van der Waals surface area contributed by atoms with Crippen LogP contribution in [0.25, 0.3) is 0 Å². The van der Waals surface area contributed by atoms with Gasteiger partial charge in [0.15, 0.2) is 0 Å². The Morgan fingerprint density at radius 1 is 1.17 bits per heavy atom. The van der Waals surface area contributed by atoms with Crippen LogP contribution in [-0.4, -0.2) is 46.3 Å². The van der Waals surface area contributed by atoms with Crippen molar-refractivity contribution in [3.8, 4) is 0 Å². The highest BCUT2D eigenvalue weighted by atomic mass is 16.5. The molecule has 1 aliphatic rings. The number of aliphatic hydroxyl groups is 3. The summed E-state index contributed by atoms with van der Waals surface area (Å²) < 4.78 is 5.18. The molecule has 4 nitrogen and oxygen atoms in total. The van der Waals surface area contributed by atoms with Crippen molar-refractivity contribution in [3.63, 3.8) is 0 Å². The van der Waals surface area contributed by atoms with E-state index in [0.29, 0.717) is 0 Å². The molecule has 3 N–H and O–H groups in total. The van der Waals surface area contributed by atoms with Gasteiger partial charge in [-0.25, -0.2) is 0 Å². The second-order valence-electron chi connectivity index (χ2n) is 3.40. The Hall–Kier alpha value is -0.160. The van der Waals surface area contributed by atoms with E-state index in [-0.39, 0.29) is 18.6 Å². The van der Waals surface area contributed by atoms with Crippen molar-refractivity contribution < 1.29 is 20.1 Å². The Balaban J connectivity index is 2.63. The fourth-order valence-electron chi connectivity index (χ4n) is 1.56. The molecule has 1 rings (SSSR count). The standard InChI is InChI=1S/C8H16O4/c1-4-7(10)5(2)12-6(3-9)8(4)11/h4-11H,3H2,1-2H3/t4-,5?,6?,7+,8-/m1/s1. The fraction of sp³-hybridized carbons (Fsp3) is 1.00. The average molecular weight is 176 g/mol. The molecule has 5 atom stereocenters. The molecule has 1 saturated heterocycles. The zero-order valence-corrected chi connectivity index (χ0v) is 7.34. The predicted molar refractivity (Wildman–Crippen MR) is 42.6 cm³/mol. The summed E-state index contributed by atoms with van der Waals surface area (Å²) >= 11 is 0. The lowest BCUT2D eigenvalue weighted by molar-refractivity contribution is -0.199. The molecular formula is C8H16O4. The van der Waals surface area contributed by atoms with Gasteiger partial charge in [0, 0.05) is 5.92 Å². The molecule has 1 fully saturated rings. The van der Waals surface area contributed by atoms with Crippen molar-refractivity contribution in [2.45, 2.75) is 38.3 Å². The van der Waals surface area contributed by atoms with E-state index in [4.69, 9.17) is 9.84 Å². The van der Waals surface area contributed by atoms with Crippen LogP contribution in [0.1, 0.15) is 13.8 Å². The van der Waals surface area contributed by atoms with E-state index in [0.717, 1.165) is 0 Å². The van der Waals surface area contributed by atoms with E-state index < -0.39 is 18.3 Å². The normalized spacial score (nSPS) is 49.2.